The van der Waals surface area contributed by atoms with Crippen molar-refractivity contribution in [3.63, 3.8) is 0 Å². The van der Waals surface area contributed by atoms with Crippen LogP contribution in [0.1, 0.15) is 41.6 Å². The number of hydrogen-bond donors (Lipinski definition) is 1. The van der Waals surface area contributed by atoms with E-state index in [0.29, 0.717) is 5.56 Å². The van der Waals surface area contributed by atoms with Gasteiger partial charge >= 0.3 is 5.97 Å². The number of nitrogens with zero attached hydrogens (tertiary/aromatic N) is 1. The minimum atomic E-state index is -1.94. The Morgan fingerprint density at radius 2 is 2.00 bits per heavy atom. The van der Waals surface area contributed by atoms with Gasteiger partial charge in [-0.1, -0.05) is 24.6 Å². The van der Waals surface area contributed by atoms with Crippen LogP contribution in [0.4, 0.5) is 0 Å². The average Bonchev–Trinajstić information content (AvgIpc) is 3.17. The number of aromatic nitrogens is 1. The summed E-state index contributed by atoms with van der Waals surface area (Å²) in [5, 5.41) is 11.7. The van der Waals surface area contributed by atoms with Crippen LogP contribution >= 0.6 is 11.6 Å². The highest BCUT2D eigenvalue weighted by Gasteiger charge is 2.61. The predicted octanol–water partition coefficient (Wildman–Crippen LogP) is 3.83. The molecule has 0 bridgehead atoms. The van der Waals surface area contributed by atoms with E-state index in [1.54, 1.807) is 25.3 Å². The molecule has 0 amide bonds. The van der Waals surface area contributed by atoms with Crippen LogP contribution in [0.15, 0.2) is 41.9 Å². The molecule has 10 heteroatoms. The van der Waals surface area contributed by atoms with Crippen molar-refractivity contribution >= 4 is 29.1 Å². The van der Waals surface area contributed by atoms with E-state index < -0.39 is 40.7 Å². The number of fused-ring (bicyclic) bond motifs is 1. The maximum Gasteiger partial charge on any atom is 0.306 e. The van der Waals surface area contributed by atoms with Crippen molar-refractivity contribution in [2.75, 3.05) is 21.3 Å². The number of rotatable bonds is 6. The van der Waals surface area contributed by atoms with Crippen LogP contribution in [-0.4, -0.2) is 54.6 Å². The quantitative estimate of drug-likeness (QED) is 0.588. The van der Waals surface area contributed by atoms with Crippen LogP contribution in [0.2, 0.25) is 5.02 Å². The fourth-order valence-corrected chi connectivity index (χ4v) is 5.02. The Kier molecular flexibility index (Phi) is 6.46. The fourth-order valence-electron chi connectivity index (χ4n) is 4.76. The zero-order valence-electron chi connectivity index (χ0n) is 19.6. The molecular formula is C25H24ClNO8. The number of ether oxygens (including phenoxy) is 4. The molecule has 184 valence electrons. The smallest absolute Gasteiger partial charge is 0.306 e. The first-order valence-electron chi connectivity index (χ1n) is 10.8. The normalized spacial score (nSPS) is 22.0. The second-order valence-corrected chi connectivity index (χ2v) is 8.75. The molecule has 2 heterocycles. The number of halogens is 1. The van der Waals surface area contributed by atoms with E-state index >= 15 is 0 Å². The van der Waals surface area contributed by atoms with Crippen molar-refractivity contribution in [3.8, 4) is 17.2 Å². The van der Waals surface area contributed by atoms with Gasteiger partial charge in [0.15, 0.2) is 17.3 Å². The van der Waals surface area contributed by atoms with Gasteiger partial charge < -0.3 is 24.1 Å². The molecule has 0 unspecified atom stereocenters. The van der Waals surface area contributed by atoms with Crippen molar-refractivity contribution in [1.82, 2.24) is 4.98 Å². The van der Waals surface area contributed by atoms with Crippen molar-refractivity contribution in [2.45, 2.75) is 31.3 Å². The van der Waals surface area contributed by atoms with Gasteiger partial charge in [-0.05, 0) is 11.6 Å². The number of hydrogen-bond acceptors (Lipinski definition) is 9. The molecule has 1 aromatic carbocycles. The van der Waals surface area contributed by atoms with E-state index in [-0.39, 0.29) is 46.2 Å². The third-order valence-corrected chi connectivity index (χ3v) is 6.90. The van der Waals surface area contributed by atoms with Gasteiger partial charge in [-0.15, -0.1) is 0 Å². The summed E-state index contributed by atoms with van der Waals surface area (Å²) in [6.45, 7) is 1.63. The molecule has 1 aliphatic heterocycles. The van der Waals surface area contributed by atoms with Gasteiger partial charge in [-0.2, -0.15) is 0 Å². The number of pyridine rings is 1. The molecule has 35 heavy (non-hydrogen) atoms. The van der Waals surface area contributed by atoms with E-state index in [2.05, 4.69) is 4.98 Å². The Balaban J connectivity index is 1.95. The Labute approximate surface area is 206 Å². The minimum absolute atomic E-state index is 0.00846. The van der Waals surface area contributed by atoms with Crippen molar-refractivity contribution in [1.29, 1.82) is 0 Å². The maximum absolute atomic E-state index is 13.9. The van der Waals surface area contributed by atoms with Crippen LogP contribution in [0, 0.1) is 5.92 Å². The number of methoxy groups -OCH3 is 3. The first kappa shape index (κ1) is 24.5. The predicted molar refractivity (Wildman–Crippen MR) is 124 cm³/mol. The maximum atomic E-state index is 13.9. The molecule has 0 saturated carbocycles. The zero-order chi connectivity index (χ0) is 25.5. The molecule has 1 N–H and O–H groups in total. The Bertz CT molecular complexity index is 1240. The lowest BCUT2D eigenvalue weighted by Crippen LogP contribution is -2.53. The van der Waals surface area contributed by atoms with Gasteiger partial charge in [0.1, 0.15) is 22.1 Å². The average molecular weight is 502 g/mol. The number of aliphatic hydroxyl groups excluding tert-OH is 1. The Hall–Kier alpha value is -3.59. The third-order valence-electron chi connectivity index (χ3n) is 6.55. The highest BCUT2D eigenvalue weighted by Crippen LogP contribution is 2.55. The molecule has 9 nitrogen and oxygen atoms in total. The van der Waals surface area contributed by atoms with Gasteiger partial charge in [-0.3, -0.25) is 19.4 Å². The second kappa shape index (κ2) is 9.22. The molecule has 0 saturated heterocycles. The monoisotopic (exact) mass is 501 g/mol. The molecule has 2 aromatic rings. The summed E-state index contributed by atoms with van der Waals surface area (Å²) < 4.78 is 21.6. The highest BCUT2D eigenvalue weighted by atomic mass is 35.5. The van der Waals surface area contributed by atoms with Gasteiger partial charge in [0.2, 0.25) is 11.4 Å². The van der Waals surface area contributed by atoms with Crippen molar-refractivity contribution in [3.05, 3.63) is 58.1 Å². The summed E-state index contributed by atoms with van der Waals surface area (Å²) >= 11 is 6.47. The SMILES string of the molecule is COC(=O)C[C@H](C1=C(O)[C@@]2(Oc3c(Cl)c(OC)cc(OC)c3C2=O)[C@H](C)CC1=O)c1cccnc1. The third kappa shape index (κ3) is 3.70. The summed E-state index contributed by atoms with van der Waals surface area (Å²) in [5.41, 5.74) is -1.51. The Morgan fingerprint density at radius 1 is 1.29 bits per heavy atom. The number of esters is 1. The van der Waals surface area contributed by atoms with Crippen molar-refractivity contribution < 1.29 is 38.4 Å². The number of allylic oxidation sites excluding steroid dienone is 1. The summed E-state index contributed by atoms with van der Waals surface area (Å²) in [5.74, 6) is -3.50. The Morgan fingerprint density at radius 3 is 2.60 bits per heavy atom. The first-order valence-corrected chi connectivity index (χ1v) is 11.2. The summed E-state index contributed by atoms with van der Waals surface area (Å²) in [7, 11) is 4.01. The topological polar surface area (TPSA) is 121 Å². The molecule has 3 atom stereocenters. The summed E-state index contributed by atoms with van der Waals surface area (Å²) in [6.07, 6.45) is 2.66. The van der Waals surface area contributed by atoms with Crippen LogP contribution in [0.25, 0.3) is 0 Å². The molecule has 0 fully saturated rings. The molecule has 0 radical (unpaired) electrons. The van der Waals surface area contributed by atoms with Gasteiger partial charge in [-0.25, -0.2) is 0 Å². The fraction of sp³-hybridized carbons (Fsp3) is 0.360. The van der Waals surface area contributed by atoms with Gasteiger partial charge in [0, 0.05) is 42.3 Å². The second-order valence-electron chi connectivity index (χ2n) is 8.38. The van der Waals surface area contributed by atoms with E-state index in [4.69, 9.17) is 30.5 Å². The van der Waals surface area contributed by atoms with Gasteiger partial charge in [0.05, 0.1) is 27.8 Å². The molecule has 1 spiro atoms. The number of carbonyl (C=O) groups is 3. The molecule has 2 aliphatic rings. The summed E-state index contributed by atoms with van der Waals surface area (Å²) in [6, 6.07) is 4.78. The molecule has 4 rings (SSSR count). The number of ketones is 2. The van der Waals surface area contributed by atoms with Crippen molar-refractivity contribution in [2.24, 2.45) is 5.92 Å². The van der Waals surface area contributed by atoms with E-state index in [0.717, 1.165) is 0 Å². The number of aliphatic hydroxyl groups is 1. The molecule has 1 aromatic heterocycles. The van der Waals surface area contributed by atoms with Crippen LogP contribution < -0.4 is 14.2 Å². The number of benzene rings is 1. The van der Waals surface area contributed by atoms with Crippen LogP contribution in [0.3, 0.4) is 0 Å². The number of carbonyl (C=O) groups excluding carboxylic acids is 3. The zero-order valence-corrected chi connectivity index (χ0v) is 20.3. The highest BCUT2D eigenvalue weighted by molar-refractivity contribution is 6.35. The first-order chi connectivity index (χ1) is 16.7. The lowest BCUT2D eigenvalue weighted by atomic mass is 9.69. The van der Waals surface area contributed by atoms with E-state index in [1.807, 2.05) is 0 Å². The standard InChI is InChI=1S/C25H24ClNO8/c1-12-8-15(28)19(14(9-18(29)34-4)13-6-5-7-27-11-13)23(30)25(12)24(31)20-16(32-2)10-17(33-3)21(26)22(20)35-25/h5-7,10-12,14,30H,8-9H2,1-4H3/t12-,14+,25+/m1/s1. The van der Waals surface area contributed by atoms with Gasteiger partial charge in [0.25, 0.3) is 0 Å². The van der Waals surface area contributed by atoms with Crippen LogP contribution in [-0.2, 0) is 14.3 Å². The lowest BCUT2D eigenvalue weighted by Gasteiger charge is -2.38. The van der Waals surface area contributed by atoms with E-state index in [9.17, 15) is 19.5 Å². The molecular weight excluding hydrogens is 478 g/mol. The van der Waals surface area contributed by atoms with E-state index in [1.165, 1.54) is 33.6 Å². The lowest BCUT2D eigenvalue weighted by molar-refractivity contribution is -0.140. The minimum Gasteiger partial charge on any atom is -0.507 e. The summed E-state index contributed by atoms with van der Waals surface area (Å²) in [4.78, 5) is 43.5. The molecule has 1 aliphatic carbocycles. The number of Topliss-reactive ketones (excluding diaryl/α,β-unsaturated/α-hetero) is 2. The van der Waals surface area contributed by atoms with Crippen LogP contribution in [0.5, 0.6) is 17.2 Å². The largest absolute Gasteiger partial charge is 0.507 e.